The van der Waals surface area contributed by atoms with E-state index < -0.39 is 16.9 Å². The van der Waals surface area contributed by atoms with Gasteiger partial charge in [0.25, 0.3) is 5.69 Å². The standard InChI is InChI=1S/C21H17NO7/c1-2-27-21(24)20-17(16-5-3-4-6-18(16)29-20)13-28-19(23)12-9-14-7-10-15(11-8-14)22(25)26/h3-12H,2,13H2,1H3. The smallest absolute Gasteiger partial charge is 0.374 e. The van der Waals surface area contributed by atoms with Gasteiger partial charge in [-0.25, -0.2) is 9.59 Å². The zero-order chi connectivity index (χ0) is 20.8. The summed E-state index contributed by atoms with van der Waals surface area (Å²) >= 11 is 0. The van der Waals surface area contributed by atoms with Crippen LogP contribution in [0.2, 0.25) is 0 Å². The largest absolute Gasteiger partial charge is 0.460 e. The van der Waals surface area contributed by atoms with Gasteiger partial charge in [0.2, 0.25) is 5.76 Å². The van der Waals surface area contributed by atoms with Crippen LogP contribution in [0.1, 0.15) is 28.6 Å². The van der Waals surface area contributed by atoms with E-state index in [1.165, 1.54) is 36.4 Å². The summed E-state index contributed by atoms with van der Waals surface area (Å²) in [5.41, 5.74) is 1.48. The maximum absolute atomic E-state index is 12.1. The van der Waals surface area contributed by atoms with Crippen LogP contribution in [0, 0.1) is 10.1 Å². The number of rotatable bonds is 7. The monoisotopic (exact) mass is 395 g/mol. The maximum Gasteiger partial charge on any atom is 0.374 e. The van der Waals surface area contributed by atoms with Crippen molar-refractivity contribution < 1.29 is 28.4 Å². The number of fused-ring (bicyclic) bond motifs is 1. The lowest BCUT2D eigenvalue weighted by atomic mass is 10.1. The van der Waals surface area contributed by atoms with Crippen LogP contribution in [0.5, 0.6) is 0 Å². The van der Waals surface area contributed by atoms with E-state index >= 15 is 0 Å². The lowest BCUT2D eigenvalue weighted by molar-refractivity contribution is -0.384. The summed E-state index contributed by atoms with van der Waals surface area (Å²) in [4.78, 5) is 34.4. The molecule has 148 valence electrons. The molecule has 0 saturated carbocycles. The maximum atomic E-state index is 12.1. The normalized spacial score (nSPS) is 10.9. The van der Waals surface area contributed by atoms with Gasteiger partial charge in [-0.2, -0.15) is 0 Å². The highest BCUT2D eigenvalue weighted by Gasteiger charge is 2.22. The molecule has 0 amide bonds. The number of carbonyl (C=O) groups excluding carboxylic acids is 2. The fourth-order valence-electron chi connectivity index (χ4n) is 2.67. The number of ether oxygens (including phenoxy) is 2. The highest BCUT2D eigenvalue weighted by atomic mass is 16.6. The molecule has 3 rings (SSSR count). The Morgan fingerprint density at radius 3 is 2.52 bits per heavy atom. The molecule has 8 nitrogen and oxygen atoms in total. The Balaban J connectivity index is 1.72. The molecule has 1 heterocycles. The minimum Gasteiger partial charge on any atom is -0.460 e. The van der Waals surface area contributed by atoms with Crippen LogP contribution in [0.3, 0.4) is 0 Å². The molecule has 0 aliphatic heterocycles. The second-order valence-electron chi connectivity index (χ2n) is 5.92. The van der Waals surface area contributed by atoms with E-state index in [0.29, 0.717) is 22.1 Å². The van der Waals surface area contributed by atoms with Gasteiger partial charge < -0.3 is 13.9 Å². The third-order valence-corrected chi connectivity index (χ3v) is 4.03. The third-order valence-electron chi connectivity index (χ3n) is 4.03. The molecule has 3 aromatic rings. The molecule has 8 heteroatoms. The molecule has 1 aromatic heterocycles. The zero-order valence-electron chi connectivity index (χ0n) is 15.5. The lowest BCUT2D eigenvalue weighted by Gasteiger charge is -2.04. The number of carbonyl (C=O) groups is 2. The highest BCUT2D eigenvalue weighted by molar-refractivity contribution is 5.96. The number of para-hydroxylation sites is 1. The summed E-state index contributed by atoms with van der Waals surface area (Å²) < 4.78 is 15.8. The van der Waals surface area contributed by atoms with Crippen molar-refractivity contribution in [1.82, 2.24) is 0 Å². The average molecular weight is 395 g/mol. The number of hydrogen-bond acceptors (Lipinski definition) is 7. The first-order valence-corrected chi connectivity index (χ1v) is 8.76. The predicted molar refractivity (Wildman–Crippen MR) is 104 cm³/mol. The topological polar surface area (TPSA) is 109 Å². The lowest BCUT2D eigenvalue weighted by Crippen LogP contribution is -2.08. The molecule has 0 aliphatic rings. The predicted octanol–water partition coefficient (Wildman–Crippen LogP) is 4.27. The number of furan rings is 1. The molecule has 0 bridgehead atoms. The Hall–Kier alpha value is -3.94. The van der Waals surface area contributed by atoms with E-state index in [9.17, 15) is 19.7 Å². The van der Waals surface area contributed by atoms with Gasteiger partial charge in [0.15, 0.2) is 0 Å². The fraction of sp³-hybridized carbons (Fsp3) is 0.143. The number of benzene rings is 2. The molecule has 0 atom stereocenters. The van der Waals surface area contributed by atoms with Crippen molar-refractivity contribution in [1.29, 1.82) is 0 Å². The van der Waals surface area contributed by atoms with Crippen LogP contribution >= 0.6 is 0 Å². The number of hydrogen-bond donors (Lipinski definition) is 0. The molecule has 0 spiro atoms. The first-order chi connectivity index (χ1) is 14.0. The summed E-state index contributed by atoms with van der Waals surface area (Å²) in [7, 11) is 0. The van der Waals surface area contributed by atoms with Crippen LogP contribution in [0.15, 0.2) is 59.0 Å². The SMILES string of the molecule is CCOC(=O)c1oc2ccccc2c1COC(=O)C=Cc1ccc([N+](=O)[O-])cc1. The van der Waals surface area contributed by atoms with E-state index in [2.05, 4.69) is 0 Å². The molecular weight excluding hydrogens is 378 g/mol. The molecule has 0 saturated heterocycles. The van der Waals surface area contributed by atoms with Crippen molar-refractivity contribution in [3.63, 3.8) is 0 Å². The number of non-ortho nitro benzene ring substituents is 1. The number of nitro benzene ring substituents is 1. The van der Waals surface area contributed by atoms with Crippen LogP contribution in [0.4, 0.5) is 5.69 Å². The van der Waals surface area contributed by atoms with Crippen molar-refractivity contribution in [2.24, 2.45) is 0 Å². The molecule has 0 aliphatic carbocycles. The fourth-order valence-corrected chi connectivity index (χ4v) is 2.67. The minimum absolute atomic E-state index is 0.000184. The van der Waals surface area contributed by atoms with Gasteiger partial charge in [0.05, 0.1) is 17.1 Å². The van der Waals surface area contributed by atoms with Crippen molar-refractivity contribution in [2.75, 3.05) is 6.61 Å². The summed E-state index contributed by atoms with van der Waals surface area (Å²) in [5, 5.41) is 11.3. The molecule has 0 N–H and O–H groups in total. The van der Waals surface area contributed by atoms with Gasteiger partial charge in [-0.15, -0.1) is 0 Å². The summed E-state index contributed by atoms with van der Waals surface area (Å²) in [5.74, 6) is -1.26. The highest BCUT2D eigenvalue weighted by Crippen LogP contribution is 2.27. The Morgan fingerprint density at radius 2 is 1.83 bits per heavy atom. The Bertz CT molecular complexity index is 1080. The van der Waals surface area contributed by atoms with Crippen molar-refractivity contribution in [2.45, 2.75) is 13.5 Å². The number of esters is 2. The summed E-state index contributed by atoms with van der Waals surface area (Å²) in [6, 6.07) is 12.7. The molecule has 0 fully saturated rings. The third kappa shape index (κ3) is 4.67. The number of nitrogens with zero attached hydrogens (tertiary/aromatic N) is 1. The molecule has 0 unspecified atom stereocenters. The Kier molecular flexibility index (Phi) is 6.03. The Morgan fingerprint density at radius 1 is 1.10 bits per heavy atom. The van der Waals surface area contributed by atoms with Crippen LogP contribution < -0.4 is 0 Å². The first kappa shape index (κ1) is 19.8. The molecular formula is C21H17NO7. The summed E-state index contributed by atoms with van der Waals surface area (Å²) in [6.07, 6.45) is 2.68. The molecule has 2 aromatic carbocycles. The second kappa shape index (κ2) is 8.83. The van der Waals surface area contributed by atoms with E-state index in [1.54, 1.807) is 31.2 Å². The van der Waals surface area contributed by atoms with Gasteiger partial charge in [0, 0.05) is 23.6 Å². The van der Waals surface area contributed by atoms with E-state index in [1.807, 2.05) is 0 Å². The second-order valence-corrected chi connectivity index (χ2v) is 5.92. The quantitative estimate of drug-likeness (QED) is 0.254. The molecule has 29 heavy (non-hydrogen) atoms. The molecule has 0 radical (unpaired) electrons. The van der Waals surface area contributed by atoms with Crippen LogP contribution in [-0.4, -0.2) is 23.5 Å². The van der Waals surface area contributed by atoms with Crippen molar-refractivity contribution >= 4 is 34.7 Å². The van der Waals surface area contributed by atoms with Crippen molar-refractivity contribution in [3.8, 4) is 0 Å². The Labute approximate surface area is 165 Å². The van der Waals surface area contributed by atoms with E-state index in [0.717, 1.165) is 0 Å². The van der Waals surface area contributed by atoms with Gasteiger partial charge >= 0.3 is 11.9 Å². The first-order valence-electron chi connectivity index (χ1n) is 8.76. The summed E-state index contributed by atoms with van der Waals surface area (Å²) in [6.45, 7) is 1.70. The van der Waals surface area contributed by atoms with Crippen molar-refractivity contribution in [3.05, 3.63) is 81.6 Å². The van der Waals surface area contributed by atoms with Gasteiger partial charge in [-0.3, -0.25) is 10.1 Å². The van der Waals surface area contributed by atoms with E-state index in [-0.39, 0.29) is 24.7 Å². The van der Waals surface area contributed by atoms with E-state index in [4.69, 9.17) is 13.9 Å². The van der Waals surface area contributed by atoms with Crippen LogP contribution in [-0.2, 0) is 20.9 Å². The average Bonchev–Trinajstić information content (AvgIpc) is 3.10. The number of nitro groups is 1. The minimum atomic E-state index is -0.636. The zero-order valence-corrected chi connectivity index (χ0v) is 15.5. The van der Waals surface area contributed by atoms with Gasteiger partial charge in [-0.05, 0) is 36.8 Å². The van der Waals surface area contributed by atoms with Gasteiger partial charge in [0.1, 0.15) is 12.2 Å². The van der Waals surface area contributed by atoms with Crippen LogP contribution in [0.25, 0.3) is 17.0 Å². The van der Waals surface area contributed by atoms with Gasteiger partial charge in [-0.1, -0.05) is 18.2 Å².